The third-order valence-corrected chi connectivity index (χ3v) is 4.46. The Morgan fingerprint density at radius 2 is 2.17 bits per heavy atom. The monoisotopic (exact) mass is 353 g/mol. The Bertz CT molecular complexity index is 657. The first kappa shape index (κ1) is 17.6. The maximum absolute atomic E-state index is 12.7. The lowest BCUT2D eigenvalue weighted by Gasteiger charge is -2.28. The highest BCUT2D eigenvalue weighted by Gasteiger charge is 2.36. The SMILES string of the molecule is CN(CCC#N)C(=O)C1CCCN1C(=O)c1cc(Cl)ccc1Cl. The molecule has 1 unspecified atom stereocenters. The highest BCUT2D eigenvalue weighted by Crippen LogP contribution is 2.27. The zero-order chi connectivity index (χ0) is 17.0. The van der Waals surface area contributed by atoms with E-state index in [-0.39, 0.29) is 18.2 Å². The van der Waals surface area contributed by atoms with Crippen LogP contribution in [0.1, 0.15) is 29.6 Å². The number of amides is 2. The Hall–Kier alpha value is -1.77. The summed E-state index contributed by atoms with van der Waals surface area (Å²) in [5.41, 5.74) is 0.304. The second-order valence-corrected chi connectivity index (χ2v) is 6.29. The predicted octanol–water partition coefficient (Wildman–Crippen LogP) is 2.97. The van der Waals surface area contributed by atoms with Crippen LogP contribution in [0.4, 0.5) is 0 Å². The Balaban J connectivity index is 2.18. The summed E-state index contributed by atoms with van der Waals surface area (Å²) in [5.74, 6) is -0.439. The Labute approximate surface area is 145 Å². The van der Waals surface area contributed by atoms with Crippen LogP contribution in [0.3, 0.4) is 0 Å². The molecule has 2 amide bonds. The number of nitrogens with zero attached hydrogens (tertiary/aromatic N) is 3. The topological polar surface area (TPSA) is 64.4 Å². The number of carbonyl (C=O) groups is 2. The molecule has 23 heavy (non-hydrogen) atoms. The van der Waals surface area contributed by atoms with Crippen molar-refractivity contribution < 1.29 is 9.59 Å². The van der Waals surface area contributed by atoms with Crippen molar-refractivity contribution in [1.82, 2.24) is 9.80 Å². The number of carbonyl (C=O) groups excluding carboxylic acids is 2. The van der Waals surface area contributed by atoms with Crippen LogP contribution in [0.5, 0.6) is 0 Å². The lowest BCUT2D eigenvalue weighted by atomic mass is 10.1. The molecule has 0 saturated carbocycles. The van der Waals surface area contributed by atoms with Gasteiger partial charge in [0.25, 0.3) is 5.91 Å². The largest absolute Gasteiger partial charge is 0.343 e. The van der Waals surface area contributed by atoms with E-state index in [1.54, 1.807) is 24.1 Å². The molecule has 1 atom stereocenters. The van der Waals surface area contributed by atoms with E-state index in [1.165, 1.54) is 11.0 Å². The first-order chi connectivity index (χ1) is 11.0. The van der Waals surface area contributed by atoms with E-state index < -0.39 is 6.04 Å². The van der Waals surface area contributed by atoms with Crippen LogP contribution in [0.25, 0.3) is 0 Å². The van der Waals surface area contributed by atoms with Gasteiger partial charge in [0.15, 0.2) is 0 Å². The maximum atomic E-state index is 12.7. The number of hydrogen-bond acceptors (Lipinski definition) is 3. The molecule has 0 N–H and O–H groups in total. The molecular formula is C16H17Cl2N3O2. The number of nitriles is 1. The van der Waals surface area contributed by atoms with Crippen LogP contribution >= 0.6 is 23.2 Å². The summed E-state index contributed by atoms with van der Waals surface area (Å²) in [6.45, 7) is 0.857. The summed E-state index contributed by atoms with van der Waals surface area (Å²) >= 11 is 12.0. The second-order valence-electron chi connectivity index (χ2n) is 5.45. The minimum atomic E-state index is -0.513. The molecule has 0 aromatic heterocycles. The summed E-state index contributed by atoms with van der Waals surface area (Å²) in [6.07, 6.45) is 1.63. The van der Waals surface area contributed by atoms with Crippen LogP contribution in [0, 0.1) is 11.3 Å². The van der Waals surface area contributed by atoms with Gasteiger partial charge in [-0.15, -0.1) is 0 Å². The Morgan fingerprint density at radius 1 is 1.43 bits per heavy atom. The minimum absolute atomic E-state index is 0.149. The second kappa shape index (κ2) is 7.67. The number of likely N-dealkylation sites (N-methyl/N-ethyl adjacent to an activating group) is 1. The number of rotatable bonds is 4. The molecule has 1 aromatic rings. The molecule has 1 aliphatic heterocycles. The van der Waals surface area contributed by atoms with E-state index in [9.17, 15) is 9.59 Å². The van der Waals surface area contributed by atoms with Gasteiger partial charge in [0.2, 0.25) is 5.91 Å². The lowest BCUT2D eigenvalue weighted by Crippen LogP contribution is -2.46. The van der Waals surface area contributed by atoms with E-state index >= 15 is 0 Å². The van der Waals surface area contributed by atoms with Crippen molar-refractivity contribution in [3.8, 4) is 6.07 Å². The van der Waals surface area contributed by atoms with Crippen molar-refractivity contribution in [2.75, 3.05) is 20.1 Å². The highest BCUT2D eigenvalue weighted by molar-refractivity contribution is 6.35. The van der Waals surface area contributed by atoms with Gasteiger partial charge in [0.1, 0.15) is 6.04 Å². The van der Waals surface area contributed by atoms with E-state index in [0.29, 0.717) is 35.1 Å². The first-order valence-electron chi connectivity index (χ1n) is 7.33. The maximum Gasteiger partial charge on any atom is 0.256 e. The smallest absolute Gasteiger partial charge is 0.256 e. The molecule has 0 radical (unpaired) electrons. The molecule has 5 nitrogen and oxygen atoms in total. The summed E-state index contributed by atoms with van der Waals surface area (Å²) in [5, 5.41) is 9.37. The van der Waals surface area contributed by atoms with E-state index in [0.717, 1.165) is 6.42 Å². The number of halogens is 2. The molecule has 122 valence electrons. The van der Waals surface area contributed by atoms with Gasteiger partial charge in [-0.25, -0.2) is 0 Å². The van der Waals surface area contributed by atoms with Crippen LogP contribution in [-0.4, -0.2) is 47.8 Å². The van der Waals surface area contributed by atoms with Crippen LogP contribution in [-0.2, 0) is 4.79 Å². The normalized spacial score (nSPS) is 17.0. The van der Waals surface area contributed by atoms with E-state index in [4.69, 9.17) is 28.5 Å². The summed E-state index contributed by atoms with van der Waals surface area (Å²) in [6, 6.07) is 6.20. The fraction of sp³-hybridized carbons (Fsp3) is 0.438. The van der Waals surface area contributed by atoms with Crippen molar-refractivity contribution in [2.45, 2.75) is 25.3 Å². The van der Waals surface area contributed by atoms with Gasteiger partial charge in [0.05, 0.1) is 23.1 Å². The van der Waals surface area contributed by atoms with Crippen molar-refractivity contribution in [3.63, 3.8) is 0 Å². The average Bonchev–Trinajstić information content (AvgIpc) is 3.02. The van der Waals surface area contributed by atoms with Gasteiger partial charge in [0, 0.05) is 25.2 Å². The van der Waals surface area contributed by atoms with E-state index in [2.05, 4.69) is 0 Å². The predicted molar refractivity (Wildman–Crippen MR) is 88.4 cm³/mol. The van der Waals surface area contributed by atoms with E-state index in [1.807, 2.05) is 6.07 Å². The molecule has 2 rings (SSSR count). The van der Waals surface area contributed by atoms with Crippen LogP contribution < -0.4 is 0 Å². The lowest BCUT2D eigenvalue weighted by molar-refractivity contribution is -0.133. The van der Waals surface area contributed by atoms with Crippen molar-refractivity contribution in [2.24, 2.45) is 0 Å². The number of hydrogen-bond donors (Lipinski definition) is 0. The molecule has 7 heteroatoms. The fourth-order valence-corrected chi connectivity index (χ4v) is 3.04. The summed E-state index contributed by atoms with van der Waals surface area (Å²) in [7, 11) is 1.65. The summed E-state index contributed by atoms with van der Waals surface area (Å²) < 4.78 is 0. The Kier molecular flexibility index (Phi) is 5.86. The van der Waals surface area contributed by atoms with Gasteiger partial charge in [-0.1, -0.05) is 23.2 Å². The molecule has 1 saturated heterocycles. The zero-order valence-corrected chi connectivity index (χ0v) is 14.3. The van der Waals surface area contributed by atoms with Crippen LogP contribution in [0.2, 0.25) is 10.0 Å². The van der Waals surface area contributed by atoms with Crippen molar-refractivity contribution >= 4 is 35.0 Å². The third kappa shape index (κ3) is 3.95. The molecule has 0 bridgehead atoms. The van der Waals surface area contributed by atoms with Crippen molar-refractivity contribution in [1.29, 1.82) is 5.26 Å². The quantitative estimate of drug-likeness (QED) is 0.835. The molecular weight excluding hydrogens is 337 g/mol. The average molecular weight is 354 g/mol. The number of benzene rings is 1. The number of likely N-dealkylation sites (tertiary alicyclic amines) is 1. The molecule has 1 aromatic carbocycles. The van der Waals surface area contributed by atoms with Gasteiger partial charge in [-0.05, 0) is 31.0 Å². The first-order valence-corrected chi connectivity index (χ1v) is 8.09. The molecule has 0 spiro atoms. The van der Waals surface area contributed by atoms with Gasteiger partial charge < -0.3 is 9.80 Å². The molecule has 1 aliphatic rings. The third-order valence-electron chi connectivity index (χ3n) is 3.89. The standard InChI is InChI=1S/C16H17Cl2N3O2/c1-20(8-3-7-19)16(23)14-4-2-9-21(14)15(22)12-10-11(17)5-6-13(12)18/h5-6,10,14H,2-4,8-9H2,1H3. The highest BCUT2D eigenvalue weighted by atomic mass is 35.5. The molecule has 0 aliphatic carbocycles. The summed E-state index contributed by atoms with van der Waals surface area (Å²) in [4.78, 5) is 28.3. The van der Waals surface area contributed by atoms with Gasteiger partial charge in [-0.3, -0.25) is 9.59 Å². The Morgan fingerprint density at radius 3 is 2.87 bits per heavy atom. The van der Waals surface area contributed by atoms with Gasteiger partial charge >= 0.3 is 0 Å². The van der Waals surface area contributed by atoms with Crippen LogP contribution in [0.15, 0.2) is 18.2 Å². The fourth-order valence-electron chi connectivity index (χ4n) is 2.66. The molecule has 1 heterocycles. The molecule has 1 fully saturated rings. The van der Waals surface area contributed by atoms with Crippen molar-refractivity contribution in [3.05, 3.63) is 33.8 Å². The zero-order valence-electron chi connectivity index (χ0n) is 12.8. The minimum Gasteiger partial charge on any atom is -0.343 e. The van der Waals surface area contributed by atoms with Gasteiger partial charge in [-0.2, -0.15) is 5.26 Å².